The SMILES string of the molecule is O=C(Cn1c(SCC(=O)N2CCc3ccccc32)nc2ccccc21)NC1CC1. The molecule has 2 aliphatic rings. The van der Waals surface area contributed by atoms with E-state index in [9.17, 15) is 9.59 Å². The molecule has 1 fully saturated rings. The smallest absolute Gasteiger partial charge is 0.240 e. The van der Waals surface area contributed by atoms with E-state index in [1.54, 1.807) is 0 Å². The maximum atomic E-state index is 12.9. The predicted molar refractivity (Wildman–Crippen MR) is 114 cm³/mol. The fourth-order valence-electron chi connectivity index (χ4n) is 3.76. The minimum atomic E-state index is -0.00250. The number of nitrogens with one attached hydrogen (secondary N) is 1. The van der Waals surface area contributed by atoms with Crippen LogP contribution in [0.2, 0.25) is 0 Å². The molecule has 148 valence electrons. The van der Waals surface area contributed by atoms with Crippen LogP contribution in [0.4, 0.5) is 5.69 Å². The van der Waals surface area contributed by atoms with Crippen LogP contribution in [0, 0.1) is 0 Å². The monoisotopic (exact) mass is 406 g/mol. The number of rotatable bonds is 6. The van der Waals surface area contributed by atoms with Gasteiger partial charge in [0.25, 0.3) is 0 Å². The van der Waals surface area contributed by atoms with E-state index in [1.165, 1.54) is 17.3 Å². The lowest BCUT2D eigenvalue weighted by molar-refractivity contribution is -0.121. The van der Waals surface area contributed by atoms with Crippen molar-refractivity contribution in [3.63, 3.8) is 0 Å². The minimum Gasteiger partial charge on any atom is -0.352 e. The van der Waals surface area contributed by atoms with Gasteiger partial charge in [-0.15, -0.1) is 0 Å². The molecule has 1 N–H and O–H groups in total. The molecule has 2 aromatic carbocycles. The highest BCUT2D eigenvalue weighted by molar-refractivity contribution is 7.99. The molecule has 0 saturated heterocycles. The first-order valence-electron chi connectivity index (χ1n) is 9.95. The number of fused-ring (bicyclic) bond motifs is 2. The van der Waals surface area contributed by atoms with Gasteiger partial charge in [-0.05, 0) is 43.0 Å². The van der Waals surface area contributed by atoms with Crippen LogP contribution in [-0.2, 0) is 22.6 Å². The molecule has 29 heavy (non-hydrogen) atoms. The lowest BCUT2D eigenvalue weighted by Gasteiger charge is -2.17. The molecule has 2 amide bonds. The first-order valence-corrected chi connectivity index (χ1v) is 10.9. The molecule has 0 unspecified atom stereocenters. The molecule has 7 heteroatoms. The van der Waals surface area contributed by atoms with E-state index in [4.69, 9.17) is 0 Å². The molecular weight excluding hydrogens is 384 g/mol. The Bertz CT molecular complexity index is 1090. The largest absolute Gasteiger partial charge is 0.352 e. The number of imidazole rings is 1. The summed E-state index contributed by atoms with van der Waals surface area (Å²) in [5.41, 5.74) is 3.98. The molecule has 1 aliphatic carbocycles. The molecule has 6 nitrogen and oxygen atoms in total. The van der Waals surface area contributed by atoms with E-state index in [-0.39, 0.29) is 18.4 Å². The Balaban J connectivity index is 1.34. The fourth-order valence-corrected chi connectivity index (χ4v) is 4.65. The number of hydrogen-bond donors (Lipinski definition) is 1. The summed E-state index contributed by atoms with van der Waals surface area (Å²) in [7, 11) is 0. The van der Waals surface area contributed by atoms with E-state index in [0.29, 0.717) is 17.0 Å². The van der Waals surface area contributed by atoms with Crippen molar-refractivity contribution in [2.24, 2.45) is 0 Å². The summed E-state index contributed by atoms with van der Waals surface area (Å²) < 4.78 is 1.92. The molecule has 0 radical (unpaired) electrons. The summed E-state index contributed by atoms with van der Waals surface area (Å²) in [4.78, 5) is 31.8. The number of carbonyl (C=O) groups excluding carboxylic acids is 2. The summed E-state index contributed by atoms with van der Waals surface area (Å²) >= 11 is 1.40. The Morgan fingerprint density at radius 2 is 1.90 bits per heavy atom. The van der Waals surface area contributed by atoms with Crippen LogP contribution < -0.4 is 10.2 Å². The van der Waals surface area contributed by atoms with Gasteiger partial charge in [-0.2, -0.15) is 0 Å². The highest BCUT2D eigenvalue weighted by Gasteiger charge is 2.26. The molecule has 1 aromatic heterocycles. The van der Waals surface area contributed by atoms with Crippen molar-refractivity contribution in [2.45, 2.75) is 37.0 Å². The van der Waals surface area contributed by atoms with Crippen molar-refractivity contribution in [1.29, 1.82) is 0 Å². The van der Waals surface area contributed by atoms with E-state index >= 15 is 0 Å². The van der Waals surface area contributed by atoms with Crippen LogP contribution in [0.5, 0.6) is 0 Å². The van der Waals surface area contributed by atoms with Gasteiger partial charge < -0.3 is 14.8 Å². The Kier molecular flexibility index (Phi) is 4.75. The normalized spacial score (nSPS) is 15.5. The molecule has 2 heterocycles. The molecular formula is C22H22N4O2S. The molecule has 1 saturated carbocycles. The lowest BCUT2D eigenvalue weighted by atomic mass is 10.2. The van der Waals surface area contributed by atoms with Gasteiger partial charge in [-0.1, -0.05) is 42.1 Å². The van der Waals surface area contributed by atoms with Crippen molar-refractivity contribution in [2.75, 3.05) is 17.2 Å². The second-order valence-corrected chi connectivity index (χ2v) is 8.47. The summed E-state index contributed by atoms with van der Waals surface area (Å²) in [6, 6.07) is 16.2. The number of para-hydroxylation sites is 3. The summed E-state index contributed by atoms with van der Waals surface area (Å²) in [5.74, 6) is 0.361. The zero-order valence-electron chi connectivity index (χ0n) is 16.0. The number of anilines is 1. The van der Waals surface area contributed by atoms with E-state index in [0.717, 1.165) is 42.5 Å². The zero-order chi connectivity index (χ0) is 19.8. The Morgan fingerprint density at radius 3 is 2.76 bits per heavy atom. The van der Waals surface area contributed by atoms with Crippen molar-refractivity contribution in [1.82, 2.24) is 14.9 Å². The van der Waals surface area contributed by atoms with Gasteiger partial charge >= 0.3 is 0 Å². The van der Waals surface area contributed by atoms with E-state index in [2.05, 4.69) is 16.4 Å². The molecule has 5 rings (SSSR count). The molecule has 0 atom stereocenters. The third kappa shape index (κ3) is 3.74. The van der Waals surface area contributed by atoms with Crippen LogP contribution in [0.25, 0.3) is 11.0 Å². The third-order valence-electron chi connectivity index (χ3n) is 5.38. The average Bonchev–Trinajstić information content (AvgIpc) is 3.33. The fraction of sp³-hybridized carbons (Fsp3) is 0.318. The zero-order valence-corrected chi connectivity index (χ0v) is 16.8. The number of aromatic nitrogens is 2. The summed E-state index contributed by atoms with van der Waals surface area (Å²) in [6.45, 7) is 0.943. The van der Waals surface area contributed by atoms with Crippen LogP contribution in [0.3, 0.4) is 0 Å². The van der Waals surface area contributed by atoms with Crippen molar-refractivity contribution in [3.8, 4) is 0 Å². The second kappa shape index (κ2) is 7.55. The Labute approximate surface area is 173 Å². The number of amides is 2. The van der Waals surface area contributed by atoms with E-state index < -0.39 is 0 Å². The highest BCUT2D eigenvalue weighted by atomic mass is 32.2. The van der Waals surface area contributed by atoms with Crippen molar-refractivity contribution < 1.29 is 9.59 Å². The molecule has 0 bridgehead atoms. The number of carbonyl (C=O) groups is 2. The van der Waals surface area contributed by atoms with Crippen LogP contribution in [0.1, 0.15) is 18.4 Å². The number of hydrogen-bond acceptors (Lipinski definition) is 4. The second-order valence-electron chi connectivity index (χ2n) is 7.52. The molecule has 3 aromatic rings. The highest BCUT2D eigenvalue weighted by Crippen LogP contribution is 2.30. The average molecular weight is 407 g/mol. The standard InChI is InChI=1S/C22H22N4O2S/c27-20(23-16-9-10-16)13-26-19-8-4-2-6-17(19)24-22(26)29-14-21(28)25-12-11-15-5-1-3-7-18(15)25/h1-8,16H,9-14H2,(H,23,27). The molecule has 1 aliphatic heterocycles. The summed E-state index contributed by atoms with van der Waals surface area (Å²) in [6.07, 6.45) is 3.01. The topological polar surface area (TPSA) is 67.2 Å². The van der Waals surface area contributed by atoms with Gasteiger partial charge in [0.05, 0.1) is 16.8 Å². The van der Waals surface area contributed by atoms with Gasteiger partial charge in [0.2, 0.25) is 11.8 Å². The minimum absolute atomic E-state index is 0.00250. The van der Waals surface area contributed by atoms with E-state index in [1.807, 2.05) is 51.9 Å². The van der Waals surface area contributed by atoms with Crippen LogP contribution in [0.15, 0.2) is 53.7 Å². The quantitative estimate of drug-likeness (QED) is 0.639. The van der Waals surface area contributed by atoms with Gasteiger partial charge in [0.15, 0.2) is 5.16 Å². The van der Waals surface area contributed by atoms with Gasteiger partial charge in [-0.25, -0.2) is 4.98 Å². The van der Waals surface area contributed by atoms with Crippen LogP contribution >= 0.6 is 11.8 Å². The van der Waals surface area contributed by atoms with Gasteiger partial charge in [0.1, 0.15) is 6.54 Å². The Hall–Kier alpha value is -2.80. The summed E-state index contributed by atoms with van der Waals surface area (Å²) in [5, 5.41) is 3.74. The maximum Gasteiger partial charge on any atom is 0.240 e. The van der Waals surface area contributed by atoms with Gasteiger partial charge in [-0.3, -0.25) is 9.59 Å². The lowest BCUT2D eigenvalue weighted by Crippen LogP contribution is -2.31. The third-order valence-corrected chi connectivity index (χ3v) is 6.34. The molecule has 0 spiro atoms. The first kappa shape index (κ1) is 18.2. The van der Waals surface area contributed by atoms with Crippen molar-refractivity contribution >= 4 is 40.3 Å². The van der Waals surface area contributed by atoms with Crippen molar-refractivity contribution in [3.05, 3.63) is 54.1 Å². The maximum absolute atomic E-state index is 12.9. The number of benzene rings is 2. The number of nitrogens with zero attached hydrogens (tertiary/aromatic N) is 3. The Morgan fingerprint density at radius 1 is 1.10 bits per heavy atom. The first-order chi connectivity index (χ1) is 14.2. The number of thioether (sulfide) groups is 1. The predicted octanol–water partition coefficient (Wildman–Crippen LogP) is 3.00. The van der Waals surface area contributed by atoms with Gasteiger partial charge in [0, 0.05) is 18.3 Å². The van der Waals surface area contributed by atoms with Crippen LogP contribution in [-0.4, -0.2) is 39.7 Å².